The van der Waals surface area contributed by atoms with E-state index in [0.717, 1.165) is 32.5 Å². The van der Waals surface area contributed by atoms with Crippen molar-refractivity contribution in [2.45, 2.75) is 58.2 Å². The largest absolute Gasteiger partial charge is 0.370 e. The SMILES string of the molecule is CC1(C)CCC1N=C(N)NC1CCN(Cc2ccccc2)CC1.I. The summed E-state index contributed by atoms with van der Waals surface area (Å²) in [5, 5.41) is 3.44. The molecule has 3 N–H and O–H groups in total. The second-order valence-corrected chi connectivity index (χ2v) is 7.74. The summed E-state index contributed by atoms with van der Waals surface area (Å²) in [7, 11) is 0. The Bertz CT molecular complexity index is 536. The molecule has 134 valence electrons. The zero-order valence-corrected chi connectivity index (χ0v) is 17.2. The predicted octanol–water partition coefficient (Wildman–Crippen LogP) is 3.36. The maximum Gasteiger partial charge on any atom is 0.189 e. The number of nitrogens with two attached hydrogens (primary N) is 1. The molecule has 0 amide bonds. The molecule has 4 nitrogen and oxygen atoms in total. The molecule has 1 aliphatic carbocycles. The standard InChI is InChI=1S/C19H30N4.HI/c1-19(2)11-8-17(19)22-18(20)21-16-9-12-23(13-10-16)14-15-6-4-3-5-7-15;/h3-7,16-17H,8-14H2,1-2H3,(H3,20,21,22);1H. The van der Waals surface area contributed by atoms with Gasteiger partial charge in [-0.15, -0.1) is 24.0 Å². The number of nitrogens with one attached hydrogen (secondary N) is 1. The fourth-order valence-electron chi connectivity index (χ4n) is 3.58. The fraction of sp³-hybridized carbons (Fsp3) is 0.632. The molecule has 1 saturated heterocycles. The van der Waals surface area contributed by atoms with Crippen LogP contribution in [0.25, 0.3) is 0 Å². The van der Waals surface area contributed by atoms with Crippen LogP contribution < -0.4 is 11.1 Å². The zero-order chi connectivity index (χ0) is 16.3. The Morgan fingerprint density at radius 2 is 1.88 bits per heavy atom. The Balaban J connectivity index is 0.00000208. The third-order valence-electron chi connectivity index (χ3n) is 5.45. The van der Waals surface area contributed by atoms with Crippen LogP contribution in [-0.2, 0) is 6.54 Å². The number of benzene rings is 1. The van der Waals surface area contributed by atoms with Gasteiger partial charge in [0.15, 0.2) is 5.96 Å². The zero-order valence-electron chi connectivity index (χ0n) is 14.9. The number of halogens is 1. The van der Waals surface area contributed by atoms with E-state index in [2.05, 4.69) is 59.4 Å². The molecule has 1 unspecified atom stereocenters. The molecule has 1 aromatic rings. The van der Waals surface area contributed by atoms with Gasteiger partial charge in [-0.1, -0.05) is 44.2 Å². The molecule has 5 heteroatoms. The monoisotopic (exact) mass is 442 g/mol. The molecule has 3 rings (SSSR count). The van der Waals surface area contributed by atoms with Crippen molar-refractivity contribution < 1.29 is 0 Å². The lowest BCUT2D eigenvalue weighted by molar-refractivity contribution is 0.144. The molecular weight excluding hydrogens is 411 g/mol. The van der Waals surface area contributed by atoms with Crippen molar-refractivity contribution in [2.24, 2.45) is 16.1 Å². The van der Waals surface area contributed by atoms with Gasteiger partial charge < -0.3 is 11.1 Å². The topological polar surface area (TPSA) is 53.6 Å². The van der Waals surface area contributed by atoms with Gasteiger partial charge in [0.05, 0.1) is 6.04 Å². The number of likely N-dealkylation sites (tertiary alicyclic amines) is 1. The van der Waals surface area contributed by atoms with E-state index in [0.29, 0.717) is 23.5 Å². The Morgan fingerprint density at radius 1 is 1.21 bits per heavy atom. The molecular formula is C19H31IN4. The molecule has 1 aliphatic heterocycles. The first-order valence-corrected chi connectivity index (χ1v) is 8.89. The summed E-state index contributed by atoms with van der Waals surface area (Å²) in [6, 6.07) is 11.6. The maximum absolute atomic E-state index is 6.12. The highest BCUT2D eigenvalue weighted by molar-refractivity contribution is 14.0. The van der Waals surface area contributed by atoms with Gasteiger partial charge >= 0.3 is 0 Å². The highest BCUT2D eigenvalue weighted by Gasteiger charge is 2.38. The number of rotatable bonds is 4. The second kappa shape index (κ2) is 8.52. The van der Waals surface area contributed by atoms with Crippen LogP contribution in [0.3, 0.4) is 0 Å². The molecule has 0 spiro atoms. The molecule has 2 aliphatic rings. The van der Waals surface area contributed by atoms with Gasteiger partial charge in [-0.25, -0.2) is 4.99 Å². The molecule has 1 heterocycles. The number of piperidine rings is 1. The van der Waals surface area contributed by atoms with Crippen LogP contribution in [0.5, 0.6) is 0 Å². The van der Waals surface area contributed by atoms with E-state index in [4.69, 9.17) is 5.73 Å². The fourth-order valence-corrected chi connectivity index (χ4v) is 3.58. The van der Waals surface area contributed by atoms with Gasteiger partial charge in [-0.2, -0.15) is 0 Å². The van der Waals surface area contributed by atoms with Crippen LogP contribution in [0.1, 0.15) is 45.1 Å². The number of guanidine groups is 1. The molecule has 0 aromatic heterocycles. The summed E-state index contributed by atoms with van der Waals surface area (Å²) in [5.74, 6) is 0.643. The van der Waals surface area contributed by atoms with Gasteiger partial charge in [-0.3, -0.25) is 4.90 Å². The second-order valence-electron chi connectivity index (χ2n) is 7.74. The molecule has 0 bridgehead atoms. The van der Waals surface area contributed by atoms with Crippen molar-refractivity contribution >= 4 is 29.9 Å². The lowest BCUT2D eigenvalue weighted by Crippen LogP contribution is -2.48. The van der Waals surface area contributed by atoms with Crippen molar-refractivity contribution in [2.75, 3.05) is 13.1 Å². The van der Waals surface area contributed by atoms with E-state index < -0.39 is 0 Å². The van der Waals surface area contributed by atoms with Crippen LogP contribution in [-0.4, -0.2) is 36.0 Å². The van der Waals surface area contributed by atoms with E-state index in [1.54, 1.807) is 0 Å². The number of hydrogen-bond acceptors (Lipinski definition) is 2. The quantitative estimate of drug-likeness (QED) is 0.427. The van der Waals surface area contributed by atoms with Gasteiger partial charge in [0.2, 0.25) is 0 Å². The van der Waals surface area contributed by atoms with Crippen molar-refractivity contribution in [3.8, 4) is 0 Å². The van der Waals surface area contributed by atoms with Gasteiger partial charge in [0.1, 0.15) is 0 Å². The lowest BCUT2D eigenvalue weighted by Gasteiger charge is -2.42. The van der Waals surface area contributed by atoms with E-state index in [1.807, 2.05) is 0 Å². The van der Waals surface area contributed by atoms with Gasteiger partial charge in [-0.05, 0) is 36.7 Å². The summed E-state index contributed by atoms with van der Waals surface area (Å²) < 4.78 is 0. The van der Waals surface area contributed by atoms with E-state index in [-0.39, 0.29) is 24.0 Å². The summed E-state index contributed by atoms with van der Waals surface area (Å²) in [4.78, 5) is 7.21. The molecule has 2 fully saturated rings. The first kappa shape index (κ1) is 19.5. The summed E-state index contributed by atoms with van der Waals surface area (Å²) >= 11 is 0. The third-order valence-corrected chi connectivity index (χ3v) is 5.45. The lowest BCUT2D eigenvalue weighted by atomic mass is 9.68. The number of aliphatic imine (C=N–C) groups is 1. The maximum atomic E-state index is 6.12. The van der Waals surface area contributed by atoms with Crippen molar-refractivity contribution in [3.63, 3.8) is 0 Å². The van der Waals surface area contributed by atoms with Gasteiger partial charge in [0, 0.05) is 25.7 Å². The number of hydrogen-bond donors (Lipinski definition) is 2. The summed E-state index contributed by atoms with van der Waals surface area (Å²) in [6.07, 6.45) is 4.70. The molecule has 1 atom stereocenters. The third kappa shape index (κ3) is 5.09. The number of nitrogens with zero attached hydrogens (tertiary/aromatic N) is 2. The van der Waals surface area contributed by atoms with E-state index in [9.17, 15) is 0 Å². The van der Waals surface area contributed by atoms with Crippen molar-refractivity contribution in [3.05, 3.63) is 35.9 Å². The van der Waals surface area contributed by atoms with Crippen molar-refractivity contribution in [1.82, 2.24) is 10.2 Å². The molecule has 0 radical (unpaired) electrons. The highest BCUT2D eigenvalue weighted by atomic mass is 127. The normalized spacial score (nSPS) is 24.8. The Hall–Kier alpha value is -0.820. The summed E-state index contributed by atoms with van der Waals surface area (Å²) in [6.45, 7) is 7.84. The minimum atomic E-state index is 0. The first-order chi connectivity index (χ1) is 11.0. The Kier molecular flexibility index (Phi) is 6.92. The van der Waals surface area contributed by atoms with Crippen LogP contribution in [0, 0.1) is 5.41 Å². The Morgan fingerprint density at radius 3 is 2.42 bits per heavy atom. The minimum absolute atomic E-state index is 0. The van der Waals surface area contributed by atoms with Crippen LogP contribution in [0.2, 0.25) is 0 Å². The Labute approximate surface area is 163 Å². The van der Waals surface area contributed by atoms with E-state index in [1.165, 1.54) is 18.4 Å². The molecule has 24 heavy (non-hydrogen) atoms. The first-order valence-electron chi connectivity index (χ1n) is 8.89. The smallest absolute Gasteiger partial charge is 0.189 e. The predicted molar refractivity (Wildman–Crippen MR) is 112 cm³/mol. The molecule has 1 saturated carbocycles. The van der Waals surface area contributed by atoms with Crippen molar-refractivity contribution in [1.29, 1.82) is 0 Å². The van der Waals surface area contributed by atoms with Crippen LogP contribution >= 0.6 is 24.0 Å². The minimum Gasteiger partial charge on any atom is -0.370 e. The van der Waals surface area contributed by atoms with Gasteiger partial charge in [0.25, 0.3) is 0 Å². The summed E-state index contributed by atoms with van der Waals surface area (Å²) in [5.41, 5.74) is 7.84. The van der Waals surface area contributed by atoms with E-state index >= 15 is 0 Å². The van der Waals surface area contributed by atoms with Crippen LogP contribution in [0.4, 0.5) is 0 Å². The highest BCUT2D eigenvalue weighted by Crippen LogP contribution is 2.42. The average Bonchev–Trinajstić information content (AvgIpc) is 2.55. The molecule has 1 aromatic carbocycles. The average molecular weight is 442 g/mol. The van der Waals surface area contributed by atoms with Crippen LogP contribution in [0.15, 0.2) is 35.3 Å².